The van der Waals surface area contributed by atoms with E-state index in [4.69, 9.17) is 4.74 Å². The second-order valence-electron chi connectivity index (χ2n) is 4.78. The number of ether oxygens (including phenoxy) is 1. The fourth-order valence-corrected chi connectivity index (χ4v) is 2.50. The van der Waals surface area contributed by atoms with E-state index < -0.39 is 5.60 Å². The van der Waals surface area contributed by atoms with Crippen molar-refractivity contribution in [2.75, 3.05) is 12.4 Å². The Labute approximate surface area is 139 Å². The predicted molar refractivity (Wildman–Crippen MR) is 87.2 cm³/mol. The molecule has 0 radical (unpaired) electrons. The molecule has 0 amide bonds. The van der Waals surface area contributed by atoms with E-state index in [9.17, 15) is 9.50 Å². The van der Waals surface area contributed by atoms with Crippen molar-refractivity contribution in [2.45, 2.75) is 12.5 Å². The van der Waals surface area contributed by atoms with Gasteiger partial charge in [-0.2, -0.15) is 0 Å². The Kier molecular flexibility index (Phi) is 5.01. The van der Waals surface area contributed by atoms with E-state index in [0.717, 1.165) is 0 Å². The van der Waals surface area contributed by atoms with Crippen LogP contribution in [0.3, 0.4) is 0 Å². The number of alkyl halides is 1. The van der Waals surface area contributed by atoms with Crippen LogP contribution in [-0.4, -0.2) is 22.5 Å². The molecule has 0 aliphatic carbocycles. The van der Waals surface area contributed by atoms with Crippen molar-refractivity contribution in [3.05, 3.63) is 46.3 Å². The second-order valence-corrected chi connectivity index (χ2v) is 6.20. The number of hydrogen-bond donors (Lipinski definition) is 1. The second kappa shape index (κ2) is 6.42. The highest BCUT2D eigenvalue weighted by Crippen LogP contribution is 2.33. The van der Waals surface area contributed by atoms with Crippen molar-refractivity contribution in [2.24, 2.45) is 0 Å². The molecule has 2 aromatic rings. The van der Waals surface area contributed by atoms with E-state index in [2.05, 4.69) is 36.8 Å². The standard InChI is InChI=1S/C15H14Br2FNO2/c1-15(20,8-16)13-6-5-12(21-2)14(19-13)9-3-4-11(18)10(17)7-9/h3-7,20H,8H2,1-2H3. The highest BCUT2D eigenvalue weighted by molar-refractivity contribution is 9.10. The lowest BCUT2D eigenvalue weighted by Gasteiger charge is -2.21. The smallest absolute Gasteiger partial charge is 0.145 e. The summed E-state index contributed by atoms with van der Waals surface area (Å²) in [5.41, 5.74) is 0.665. The Morgan fingerprint density at radius 1 is 1.33 bits per heavy atom. The van der Waals surface area contributed by atoms with Crippen molar-refractivity contribution in [1.82, 2.24) is 4.98 Å². The van der Waals surface area contributed by atoms with E-state index in [-0.39, 0.29) is 5.82 Å². The lowest BCUT2D eigenvalue weighted by atomic mass is 10.0. The number of nitrogens with zero attached hydrogens (tertiary/aromatic N) is 1. The average Bonchev–Trinajstić information content (AvgIpc) is 2.49. The summed E-state index contributed by atoms with van der Waals surface area (Å²) < 4.78 is 19.0. The molecule has 6 heteroatoms. The molecule has 0 fully saturated rings. The minimum Gasteiger partial charge on any atom is -0.494 e. The first-order chi connectivity index (χ1) is 9.89. The molecule has 0 bridgehead atoms. The van der Waals surface area contributed by atoms with Crippen LogP contribution in [-0.2, 0) is 5.60 Å². The maximum atomic E-state index is 13.4. The third kappa shape index (κ3) is 3.44. The largest absolute Gasteiger partial charge is 0.494 e. The minimum absolute atomic E-state index is 0.346. The number of halogens is 3. The van der Waals surface area contributed by atoms with Crippen molar-refractivity contribution in [3.63, 3.8) is 0 Å². The number of aromatic nitrogens is 1. The van der Waals surface area contributed by atoms with Crippen LogP contribution in [0.2, 0.25) is 0 Å². The van der Waals surface area contributed by atoms with Gasteiger partial charge in [-0.15, -0.1) is 0 Å². The molecule has 3 nitrogen and oxygen atoms in total. The number of methoxy groups -OCH3 is 1. The van der Waals surface area contributed by atoms with Gasteiger partial charge in [0.1, 0.15) is 22.9 Å². The highest BCUT2D eigenvalue weighted by Gasteiger charge is 2.25. The molecular formula is C15H14Br2FNO2. The van der Waals surface area contributed by atoms with E-state index in [1.54, 1.807) is 38.3 Å². The van der Waals surface area contributed by atoms with Gasteiger partial charge in [-0.05, 0) is 53.2 Å². The molecule has 112 valence electrons. The fourth-order valence-electron chi connectivity index (χ4n) is 1.83. The molecule has 1 N–H and O–H groups in total. The molecule has 1 heterocycles. The van der Waals surface area contributed by atoms with Crippen molar-refractivity contribution in [1.29, 1.82) is 0 Å². The summed E-state index contributed by atoms with van der Waals surface area (Å²) in [7, 11) is 1.54. The Morgan fingerprint density at radius 2 is 2.05 bits per heavy atom. The third-order valence-corrected chi connectivity index (χ3v) is 4.78. The monoisotopic (exact) mass is 417 g/mol. The van der Waals surface area contributed by atoms with Crippen LogP contribution >= 0.6 is 31.9 Å². The van der Waals surface area contributed by atoms with E-state index in [1.807, 2.05) is 0 Å². The SMILES string of the molecule is COc1ccc(C(C)(O)CBr)nc1-c1ccc(F)c(Br)c1. The van der Waals surface area contributed by atoms with Crippen LogP contribution in [0.1, 0.15) is 12.6 Å². The molecule has 2 rings (SSSR count). The molecule has 0 aliphatic rings. The molecule has 1 aromatic heterocycles. The minimum atomic E-state index is -1.10. The number of hydrogen-bond acceptors (Lipinski definition) is 3. The van der Waals surface area contributed by atoms with Gasteiger partial charge < -0.3 is 9.84 Å². The summed E-state index contributed by atoms with van der Waals surface area (Å²) in [5, 5.41) is 10.7. The summed E-state index contributed by atoms with van der Waals surface area (Å²) >= 11 is 6.43. The fraction of sp³-hybridized carbons (Fsp3) is 0.267. The first-order valence-corrected chi connectivity index (χ1v) is 8.10. The number of pyridine rings is 1. The molecule has 0 aliphatic heterocycles. The van der Waals surface area contributed by atoms with Gasteiger partial charge in [-0.3, -0.25) is 0 Å². The van der Waals surface area contributed by atoms with E-state index in [1.165, 1.54) is 6.07 Å². The van der Waals surface area contributed by atoms with Crippen molar-refractivity contribution >= 4 is 31.9 Å². The maximum absolute atomic E-state index is 13.4. The van der Waals surface area contributed by atoms with E-state index in [0.29, 0.717) is 32.5 Å². The predicted octanol–water partition coefficient (Wildman–Crippen LogP) is 4.26. The van der Waals surface area contributed by atoms with Gasteiger partial charge in [0.05, 0.1) is 17.3 Å². The lowest BCUT2D eigenvalue weighted by Crippen LogP contribution is -2.24. The van der Waals surface area contributed by atoms with Crippen LogP contribution in [0.25, 0.3) is 11.3 Å². The molecule has 21 heavy (non-hydrogen) atoms. The zero-order valence-corrected chi connectivity index (χ0v) is 14.7. The molecule has 1 atom stereocenters. The lowest BCUT2D eigenvalue weighted by molar-refractivity contribution is 0.0805. The van der Waals surface area contributed by atoms with E-state index >= 15 is 0 Å². The zero-order valence-electron chi connectivity index (χ0n) is 11.5. The van der Waals surface area contributed by atoms with Crippen LogP contribution < -0.4 is 4.74 Å². The summed E-state index contributed by atoms with van der Waals surface area (Å²) in [5.74, 6) is 0.212. The molecule has 0 saturated carbocycles. The summed E-state index contributed by atoms with van der Waals surface area (Å²) in [4.78, 5) is 4.48. The molecular weight excluding hydrogens is 405 g/mol. The average molecular weight is 419 g/mol. The summed E-state index contributed by atoms with van der Waals surface area (Å²) in [6.07, 6.45) is 0. The quantitative estimate of drug-likeness (QED) is 0.754. The van der Waals surface area contributed by atoms with Gasteiger partial charge >= 0.3 is 0 Å². The Bertz CT molecular complexity index is 662. The van der Waals surface area contributed by atoms with Crippen LogP contribution in [0.15, 0.2) is 34.8 Å². The molecule has 0 spiro atoms. The summed E-state index contributed by atoms with van der Waals surface area (Å²) in [6, 6.07) is 8.06. The summed E-state index contributed by atoms with van der Waals surface area (Å²) in [6.45, 7) is 1.67. The van der Waals surface area contributed by atoms with Gasteiger partial charge in [0.15, 0.2) is 0 Å². The van der Waals surface area contributed by atoms with Crippen molar-refractivity contribution < 1.29 is 14.2 Å². The first-order valence-electron chi connectivity index (χ1n) is 6.18. The van der Waals surface area contributed by atoms with Gasteiger partial charge in [0.2, 0.25) is 0 Å². The number of rotatable bonds is 4. The maximum Gasteiger partial charge on any atom is 0.145 e. The van der Waals surface area contributed by atoms with Gasteiger partial charge in [0, 0.05) is 10.9 Å². The number of benzene rings is 1. The first kappa shape index (κ1) is 16.4. The zero-order chi connectivity index (χ0) is 15.6. The Hall–Kier alpha value is -0.980. The topological polar surface area (TPSA) is 42.4 Å². The van der Waals surface area contributed by atoms with Gasteiger partial charge in [-0.25, -0.2) is 9.37 Å². The normalized spacial score (nSPS) is 13.8. The Morgan fingerprint density at radius 3 is 2.62 bits per heavy atom. The number of aliphatic hydroxyl groups is 1. The Balaban J connectivity index is 2.59. The van der Waals surface area contributed by atoms with Gasteiger partial charge in [-0.1, -0.05) is 15.9 Å². The third-order valence-electron chi connectivity index (χ3n) is 3.08. The van der Waals surface area contributed by atoms with Crippen LogP contribution in [0, 0.1) is 5.82 Å². The van der Waals surface area contributed by atoms with Gasteiger partial charge in [0.25, 0.3) is 0 Å². The highest BCUT2D eigenvalue weighted by atomic mass is 79.9. The van der Waals surface area contributed by atoms with Crippen LogP contribution in [0.5, 0.6) is 5.75 Å². The molecule has 1 aromatic carbocycles. The molecule has 1 unspecified atom stereocenters. The molecule has 0 saturated heterocycles. The van der Waals surface area contributed by atoms with Crippen LogP contribution in [0.4, 0.5) is 4.39 Å². The van der Waals surface area contributed by atoms with Crippen molar-refractivity contribution in [3.8, 4) is 17.0 Å².